The maximum atomic E-state index is 12.8. The largest absolute Gasteiger partial charge is 0.336 e. The molecule has 1 aromatic carbocycles. The minimum Gasteiger partial charge on any atom is -0.336 e. The number of piperazine rings is 1. The standard InChI is InChI=1S/C17H25N3O.2ClH/c1-13-11-18-8-10-20(13)17(21)14(2)19-9-7-15-5-3-4-6-16(15)12-19;;/h3-6,13-14,18H,7-12H2,1-2H3;2*1H/t13-,14?;;/m0../s1. The SMILES string of the molecule is CC(C(=O)N1CCNC[C@@H]1C)N1CCc2ccccc2C1.Cl.Cl. The van der Waals surface area contributed by atoms with Crippen molar-refractivity contribution in [1.29, 1.82) is 0 Å². The smallest absolute Gasteiger partial charge is 0.239 e. The van der Waals surface area contributed by atoms with Crippen LogP contribution >= 0.6 is 24.8 Å². The fourth-order valence-electron chi connectivity index (χ4n) is 3.41. The molecular formula is C17H27Cl2N3O. The van der Waals surface area contributed by atoms with E-state index in [1.165, 1.54) is 11.1 Å². The van der Waals surface area contributed by atoms with Crippen molar-refractivity contribution in [3.8, 4) is 0 Å². The van der Waals surface area contributed by atoms with Gasteiger partial charge in [0.2, 0.25) is 5.91 Å². The number of nitrogens with zero attached hydrogens (tertiary/aromatic N) is 2. The predicted octanol–water partition coefficient (Wildman–Crippen LogP) is 2.10. The molecule has 0 spiro atoms. The molecule has 6 heteroatoms. The van der Waals surface area contributed by atoms with E-state index >= 15 is 0 Å². The Balaban J connectivity index is 0.00000132. The zero-order valence-electron chi connectivity index (χ0n) is 13.8. The Morgan fingerprint density at radius 3 is 2.61 bits per heavy atom. The molecular weight excluding hydrogens is 333 g/mol. The lowest BCUT2D eigenvalue weighted by atomic mass is 9.98. The summed E-state index contributed by atoms with van der Waals surface area (Å²) in [5.74, 6) is 0.281. The fourth-order valence-corrected chi connectivity index (χ4v) is 3.41. The van der Waals surface area contributed by atoms with E-state index in [0.717, 1.165) is 39.1 Å². The summed E-state index contributed by atoms with van der Waals surface area (Å²) in [4.78, 5) is 17.1. The van der Waals surface area contributed by atoms with Crippen LogP contribution in [0.25, 0.3) is 0 Å². The minimum absolute atomic E-state index is 0. The van der Waals surface area contributed by atoms with E-state index in [1.807, 2.05) is 4.90 Å². The molecule has 0 radical (unpaired) electrons. The maximum absolute atomic E-state index is 12.8. The van der Waals surface area contributed by atoms with Crippen molar-refractivity contribution in [2.75, 3.05) is 26.2 Å². The van der Waals surface area contributed by atoms with Crippen LogP contribution in [0.4, 0.5) is 0 Å². The molecule has 1 N–H and O–H groups in total. The Kier molecular flexibility index (Phi) is 7.81. The minimum atomic E-state index is -0.0288. The molecule has 2 aliphatic rings. The number of halogens is 2. The van der Waals surface area contributed by atoms with E-state index in [4.69, 9.17) is 0 Å². The van der Waals surface area contributed by atoms with E-state index in [-0.39, 0.29) is 36.8 Å². The highest BCUT2D eigenvalue weighted by molar-refractivity contribution is 5.85. The van der Waals surface area contributed by atoms with Crippen LogP contribution in [-0.2, 0) is 17.8 Å². The third kappa shape index (κ3) is 4.38. The van der Waals surface area contributed by atoms with Gasteiger partial charge in [-0.2, -0.15) is 0 Å². The summed E-state index contributed by atoms with van der Waals surface area (Å²) in [6.07, 6.45) is 1.05. The van der Waals surface area contributed by atoms with Gasteiger partial charge in [-0.05, 0) is 31.4 Å². The molecule has 23 heavy (non-hydrogen) atoms. The molecule has 1 saturated heterocycles. The number of nitrogens with one attached hydrogen (secondary N) is 1. The van der Waals surface area contributed by atoms with Gasteiger partial charge < -0.3 is 10.2 Å². The van der Waals surface area contributed by atoms with Crippen LogP contribution in [0.3, 0.4) is 0 Å². The Morgan fingerprint density at radius 1 is 1.22 bits per heavy atom. The van der Waals surface area contributed by atoms with Gasteiger partial charge in [-0.15, -0.1) is 24.8 Å². The first-order chi connectivity index (χ1) is 10.2. The van der Waals surface area contributed by atoms with E-state index < -0.39 is 0 Å². The molecule has 0 bridgehead atoms. The second-order valence-electron chi connectivity index (χ2n) is 6.25. The number of rotatable bonds is 2. The average Bonchev–Trinajstić information content (AvgIpc) is 2.53. The highest BCUT2D eigenvalue weighted by Gasteiger charge is 2.31. The van der Waals surface area contributed by atoms with Gasteiger partial charge >= 0.3 is 0 Å². The molecule has 1 unspecified atom stereocenters. The lowest BCUT2D eigenvalue weighted by molar-refractivity contribution is -0.139. The van der Waals surface area contributed by atoms with Crippen LogP contribution < -0.4 is 5.32 Å². The number of benzene rings is 1. The molecule has 130 valence electrons. The van der Waals surface area contributed by atoms with Gasteiger partial charge in [-0.1, -0.05) is 24.3 Å². The van der Waals surface area contributed by atoms with Gasteiger partial charge in [0.15, 0.2) is 0 Å². The summed E-state index contributed by atoms with van der Waals surface area (Å²) in [5, 5.41) is 3.34. The number of hydrogen-bond acceptors (Lipinski definition) is 3. The van der Waals surface area contributed by atoms with Gasteiger partial charge in [0.25, 0.3) is 0 Å². The molecule has 0 saturated carbocycles. The summed E-state index contributed by atoms with van der Waals surface area (Å²) in [5.41, 5.74) is 2.81. The lowest BCUT2D eigenvalue weighted by Crippen LogP contribution is -2.57. The van der Waals surface area contributed by atoms with Crippen LogP contribution in [0.1, 0.15) is 25.0 Å². The highest BCUT2D eigenvalue weighted by Crippen LogP contribution is 2.21. The van der Waals surface area contributed by atoms with E-state index in [9.17, 15) is 4.79 Å². The summed E-state index contributed by atoms with van der Waals surface area (Å²) < 4.78 is 0. The molecule has 1 fully saturated rings. The molecule has 2 atom stereocenters. The fraction of sp³-hybridized carbons (Fsp3) is 0.588. The van der Waals surface area contributed by atoms with Crippen molar-refractivity contribution in [3.63, 3.8) is 0 Å². The average molecular weight is 360 g/mol. The van der Waals surface area contributed by atoms with Crippen LogP contribution in [0, 0.1) is 0 Å². The third-order valence-corrected chi connectivity index (χ3v) is 4.85. The molecule has 2 aliphatic heterocycles. The first-order valence-corrected chi connectivity index (χ1v) is 7.99. The first-order valence-electron chi connectivity index (χ1n) is 7.99. The third-order valence-electron chi connectivity index (χ3n) is 4.85. The van der Waals surface area contributed by atoms with Crippen molar-refractivity contribution in [1.82, 2.24) is 15.1 Å². The van der Waals surface area contributed by atoms with E-state index in [1.54, 1.807) is 0 Å². The molecule has 0 aromatic heterocycles. The Labute approximate surface area is 151 Å². The highest BCUT2D eigenvalue weighted by atomic mass is 35.5. The molecule has 4 nitrogen and oxygen atoms in total. The van der Waals surface area contributed by atoms with E-state index in [2.05, 4.69) is 48.3 Å². The first kappa shape index (κ1) is 20.2. The number of carbonyl (C=O) groups excluding carboxylic acids is 1. The van der Waals surface area contributed by atoms with Gasteiger partial charge in [-0.3, -0.25) is 9.69 Å². The number of hydrogen-bond donors (Lipinski definition) is 1. The van der Waals surface area contributed by atoms with Crippen molar-refractivity contribution >= 4 is 30.7 Å². The normalized spacial score (nSPS) is 22.3. The molecule has 1 aromatic rings. The monoisotopic (exact) mass is 359 g/mol. The molecule has 0 aliphatic carbocycles. The Morgan fingerprint density at radius 2 is 1.91 bits per heavy atom. The van der Waals surface area contributed by atoms with Gasteiger partial charge in [0.05, 0.1) is 6.04 Å². The van der Waals surface area contributed by atoms with Crippen LogP contribution in [0.15, 0.2) is 24.3 Å². The maximum Gasteiger partial charge on any atom is 0.239 e. The summed E-state index contributed by atoms with van der Waals surface area (Å²) in [6.45, 7) is 8.70. The second-order valence-corrected chi connectivity index (χ2v) is 6.25. The van der Waals surface area contributed by atoms with Gasteiger partial charge in [-0.25, -0.2) is 0 Å². The quantitative estimate of drug-likeness (QED) is 0.878. The van der Waals surface area contributed by atoms with Crippen LogP contribution in [-0.4, -0.2) is 54.0 Å². The van der Waals surface area contributed by atoms with Crippen LogP contribution in [0.5, 0.6) is 0 Å². The summed E-state index contributed by atoms with van der Waals surface area (Å²) >= 11 is 0. The number of amides is 1. The van der Waals surface area contributed by atoms with E-state index in [0.29, 0.717) is 6.04 Å². The number of carbonyl (C=O) groups is 1. The zero-order chi connectivity index (χ0) is 14.8. The zero-order valence-corrected chi connectivity index (χ0v) is 15.5. The summed E-state index contributed by atoms with van der Waals surface area (Å²) in [7, 11) is 0. The second kappa shape index (κ2) is 8.88. The summed E-state index contributed by atoms with van der Waals surface area (Å²) in [6, 6.07) is 8.85. The van der Waals surface area contributed by atoms with Gasteiger partial charge in [0, 0.05) is 38.8 Å². The lowest BCUT2D eigenvalue weighted by Gasteiger charge is -2.39. The van der Waals surface area contributed by atoms with Crippen molar-refractivity contribution in [3.05, 3.63) is 35.4 Å². The molecule has 2 heterocycles. The molecule has 1 amide bonds. The topological polar surface area (TPSA) is 35.6 Å². The van der Waals surface area contributed by atoms with Crippen molar-refractivity contribution < 1.29 is 4.79 Å². The van der Waals surface area contributed by atoms with Gasteiger partial charge in [0.1, 0.15) is 0 Å². The molecule has 3 rings (SSSR count). The Bertz CT molecular complexity index is 526. The predicted molar refractivity (Wildman–Crippen MR) is 98.6 cm³/mol. The van der Waals surface area contributed by atoms with Crippen molar-refractivity contribution in [2.45, 2.75) is 38.9 Å². The van der Waals surface area contributed by atoms with Crippen molar-refractivity contribution in [2.24, 2.45) is 0 Å². The number of fused-ring (bicyclic) bond motifs is 1. The van der Waals surface area contributed by atoms with Crippen LogP contribution in [0.2, 0.25) is 0 Å². The Hall–Kier alpha value is -0.810.